The fraction of sp³-hybridized carbons (Fsp3) is 0.562. The number of benzene rings is 1. The number of nitrogens with one attached hydrogen (secondary N) is 2. The molecule has 0 atom stereocenters. The number of likely N-dealkylation sites (N-methyl/N-ethyl adjacent to an activating group) is 1. The Morgan fingerprint density at radius 2 is 2.05 bits per heavy atom. The minimum atomic E-state index is 0.0961. The van der Waals surface area contributed by atoms with Crippen LogP contribution in [0.5, 0.6) is 0 Å². The SMILES string of the molecule is CN(CCNC(=O)CNCC1CC1)Cc1ccccc1. The van der Waals surface area contributed by atoms with Gasteiger partial charge in [0.15, 0.2) is 0 Å². The lowest BCUT2D eigenvalue weighted by molar-refractivity contribution is -0.120. The standard InChI is InChI=1S/C16H25N3O/c1-19(13-15-5-3-2-4-6-15)10-9-18-16(20)12-17-11-14-7-8-14/h2-6,14,17H,7-13H2,1H3,(H,18,20). The van der Waals surface area contributed by atoms with E-state index in [1.165, 1.54) is 18.4 Å². The third-order valence-corrected chi connectivity index (χ3v) is 3.53. The lowest BCUT2D eigenvalue weighted by atomic mass is 10.2. The van der Waals surface area contributed by atoms with E-state index < -0.39 is 0 Å². The monoisotopic (exact) mass is 275 g/mol. The second-order valence-electron chi connectivity index (χ2n) is 5.65. The van der Waals surface area contributed by atoms with Crippen LogP contribution < -0.4 is 10.6 Å². The number of hydrogen-bond acceptors (Lipinski definition) is 3. The summed E-state index contributed by atoms with van der Waals surface area (Å²) in [5, 5.41) is 6.15. The molecule has 1 fully saturated rings. The van der Waals surface area contributed by atoms with Gasteiger partial charge in [0, 0.05) is 19.6 Å². The highest BCUT2D eigenvalue weighted by Crippen LogP contribution is 2.27. The molecule has 1 aliphatic rings. The number of rotatable bonds is 9. The van der Waals surface area contributed by atoms with Gasteiger partial charge >= 0.3 is 0 Å². The van der Waals surface area contributed by atoms with E-state index in [9.17, 15) is 4.79 Å². The van der Waals surface area contributed by atoms with Crippen molar-refractivity contribution >= 4 is 5.91 Å². The van der Waals surface area contributed by atoms with E-state index in [0.29, 0.717) is 13.1 Å². The molecule has 1 aliphatic carbocycles. The van der Waals surface area contributed by atoms with Gasteiger partial charge in [-0.2, -0.15) is 0 Å². The Hall–Kier alpha value is -1.39. The summed E-state index contributed by atoms with van der Waals surface area (Å²) in [5.74, 6) is 0.915. The Bertz CT molecular complexity index is 403. The van der Waals surface area contributed by atoms with E-state index in [-0.39, 0.29) is 5.91 Å². The van der Waals surface area contributed by atoms with Crippen molar-refractivity contribution in [2.24, 2.45) is 5.92 Å². The number of carbonyl (C=O) groups excluding carboxylic acids is 1. The largest absolute Gasteiger partial charge is 0.354 e. The highest BCUT2D eigenvalue weighted by Gasteiger charge is 2.20. The van der Waals surface area contributed by atoms with E-state index in [4.69, 9.17) is 0 Å². The van der Waals surface area contributed by atoms with Gasteiger partial charge in [0.25, 0.3) is 0 Å². The molecule has 0 spiro atoms. The first kappa shape index (κ1) is 15.0. The lowest BCUT2D eigenvalue weighted by Crippen LogP contribution is -2.38. The zero-order chi connectivity index (χ0) is 14.2. The molecule has 4 nitrogen and oxygen atoms in total. The van der Waals surface area contributed by atoms with Gasteiger partial charge in [0.2, 0.25) is 5.91 Å². The van der Waals surface area contributed by atoms with Crippen LogP contribution in [0.15, 0.2) is 30.3 Å². The maximum Gasteiger partial charge on any atom is 0.234 e. The summed E-state index contributed by atoms with van der Waals surface area (Å²) < 4.78 is 0. The van der Waals surface area contributed by atoms with Crippen molar-refractivity contribution in [1.29, 1.82) is 0 Å². The molecule has 0 radical (unpaired) electrons. The van der Waals surface area contributed by atoms with Crippen molar-refractivity contribution < 1.29 is 4.79 Å². The Balaban J connectivity index is 1.51. The van der Waals surface area contributed by atoms with Crippen LogP contribution in [0.4, 0.5) is 0 Å². The zero-order valence-electron chi connectivity index (χ0n) is 12.3. The topological polar surface area (TPSA) is 44.4 Å². The van der Waals surface area contributed by atoms with Gasteiger partial charge in [0.05, 0.1) is 6.54 Å². The number of hydrogen-bond donors (Lipinski definition) is 2. The number of nitrogens with zero attached hydrogens (tertiary/aromatic N) is 1. The Kier molecular flexibility index (Phi) is 6.02. The van der Waals surface area contributed by atoms with Crippen molar-refractivity contribution in [2.45, 2.75) is 19.4 Å². The Labute approximate surface area is 121 Å². The van der Waals surface area contributed by atoms with Gasteiger partial charge < -0.3 is 15.5 Å². The van der Waals surface area contributed by atoms with Crippen molar-refractivity contribution in [3.8, 4) is 0 Å². The first-order valence-electron chi connectivity index (χ1n) is 7.44. The van der Waals surface area contributed by atoms with Crippen LogP contribution >= 0.6 is 0 Å². The molecular weight excluding hydrogens is 250 g/mol. The fourth-order valence-corrected chi connectivity index (χ4v) is 2.13. The molecule has 4 heteroatoms. The van der Waals surface area contributed by atoms with E-state index in [0.717, 1.165) is 25.6 Å². The molecule has 0 aromatic heterocycles. The van der Waals surface area contributed by atoms with Gasteiger partial charge in [-0.1, -0.05) is 30.3 Å². The normalized spacial score (nSPS) is 14.5. The average Bonchev–Trinajstić information content (AvgIpc) is 3.24. The molecule has 1 aromatic carbocycles. The van der Waals surface area contributed by atoms with E-state index >= 15 is 0 Å². The highest BCUT2D eigenvalue weighted by atomic mass is 16.1. The smallest absolute Gasteiger partial charge is 0.234 e. The van der Waals surface area contributed by atoms with Crippen LogP contribution in [0.2, 0.25) is 0 Å². The minimum Gasteiger partial charge on any atom is -0.354 e. The predicted octanol–water partition coefficient (Wildman–Crippen LogP) is 1.23. The van der Waals surface area contributed by atoms with Crippen LogP contribution in [-0.4, -0.2) is 44.0 Å². The molecule has 0 saturated heterocycles. The van der Waals surface area contributed by atoms with Crippen LogP contribution in [-0.2, 0) is 11.3 Å². The Morgan fingerprint density at radius 3 is 2.75 bits per heavy atom. The molecule has 0 heterocycles. The summed E-state index contributed by atoms with van der Waals surface area (Å²) in [4.78, 5) is 13.8. The molecule has 0 unspecified atom stereocenters. The van der Waals surface area contributed by atoms with Gasteiger partial charge in [0.1, 0.15) is 0 Å². The van der Waals surface area contributed by atoms with Gasteiger partial charge in [-0.3, -0.25) is 4.79 Å². The summed E-state index contributed by atoms with van der Waals surface area (Å²) >= 11 is 0. The van der Waals surface area contributed by atoms with Crippen LogP contribution in [0, 0.1) is 5.92 Å². The van der Waals surface area contributed by atoms with Crippen LogP contribution in [0.25, 0.3) is 0 Å². The van der Waals surface area contributed by atoms with Crippen LogP contribution in [0.3, 0.4) is 0 Å². The zero-order valence-corrected chi connectivity index (χ0v) is 12.3. The predicted molar refractivity (Wildman–Crippen MR) is 81.4 cm³/mol. The van der Waals surface area contributed by atoms with E-state index in [1.54, 1.807) is 0 Å². The third kappa shape index (κ3) is 6.17. The molecule has 0 aliphatic heterocycles. The number of carbonyl (C=O) groups is 1. The van der Waals surface area contributed by atoms with Gasteiger partial charge in [-0.05, 0) is 37.9 Å². The minimum absolute atomic E-state index is 0.0961. The second kappa shape index (κ2) is 8.02. The van der Waals surface area contributed by atoms with E-state index in [1.807, 2.05) is 6.07 Å². The highest BCUT2D eigenvalue weighted by molar-refractivity contribution is 5.77. The average molecular weight is 275 g/mol. The molecule has 0 bridgehead atoms. The maximum atomic E-state index is 11.6. The summed E-state index contributed by atoms with van der Waals surface area (Å²) in [6.45, 7) is 3.91. The maximum absolute atomic E-state index is 11.6. The quantitative estimate of drug-likeness (QED) is 0.712. The van der Waals surface area contributed by atoms with E-state index in [2.05, 4.69) is 46.8 Å². The summed E-state index contributed by atoms with van der Waals surface area (Å²) in [5.41, 5.74) is 1.30. The van der Waals surface area contributed by atoms with Gasteiger partial charge in [-0.15, -0.1) is 0 Å². The van der Waals surface area contributed by atoms with Crippen molar-refractivity contribution in [3.63, 3.8) is 0 Å². The third-order valence-electron chi connectivity index (χ3n) is 3.53. The fourth-order valence-electron chi connectivity index (χ4n) is 2.13. The summed E-state index contributed by atoms with van der Waals surface area (Å²) in [7, 11) is 2.07. The molecular formula is C16H25N3O. The van der Waals surface area contributed by atoms with Crippen molar-refractivity contribution in [1.82, 2.24) is 15.5 Å². The first-order valence-corrected chi connectivity index (χ1v) is 7.44. The molecule has 110 valence electrons. The first-order chi connectivity index (χ1) is 9.74. The molecule has 2 N–H and O–H groups in total. The van der Waals surface area contributed by atoms with Crippen molar-refractivity contribution in [2.75, 3.05) is 33.2 Å². The second-order valence-corrected chi connectivity index (χ2v) is 5.65. The number of amides is 1. The molecule has 1 amide bonds. The molecule has 1 saturated carbocycles. The lowest BCUT2D eigenvalue weighted by Gasteiger charge is -2.17. The molecule has 20 heavy (non-hydrogen) atoms. The summed E-state index contributed by atoms with van der Waals surface area (Å²) in [6.07, 6.45) is 2.64. The van der Waals surface area contributed by atoms with Crippen molar-refractivity contribution in [3.05, 3.63) is 35.9 Å². The summed E-state index contributed by atoms with van der Waals surface area (Å²) in [6, 6.07) is 10.4. The van der Waals surface area contributed by atoms with Gasteiger partial charge in [-0.25, -0.2) is 0 Å². The van der Waals surface area contributed by atoms with Crippen LogP contribution in [0.1, 0.15) is 18.4 Å². The Morgan fingerprint density at radius 1 is 1.30 bits per heavy atom. The molecule has 2 rings (SSSR count). The molecule has 1 aromatic rings.